The molecule has 1 fully saturated rings. The van der Waals surface area contributed by atoms with Gasteiger partial charge in [-0.25, -0.2) is 0 Å². The van der Waals surface area contributed by atoms with E-state index in [9.17, 15) is 14.9 Å². The number of morpholine rings is 1. The summed E-state index contributed by atoms with van der Waals surface area (Å²) in [4.78, 5) is 24.1. The van der Waals surface area contributed by atoms with Crippen molar-refractivity contribution in [3.8, 4) is 0 Å². The van der Waals surface area contributed by atoms with E-state index < -0.39 is 4.92 Å². The molecule has 2 atom stereocenters. The summed E-state index contributed by atoms with van der Waals surface area (Å²) in [5.41, 5.74) is 0.451. The average Bonchev–Trinajstić information content (AvgIpc) is 2.37. The standard InChI is InChI=1S/C13H16N2O4/c1-9-7-14(8-10(2)19-9)13(16)11-3-5-12(6-4-11)15(17)18/h3-6,9-10H,7-8H2,1-2H3/t9-,10-/m1/s1. The molecule has 1 aromatic carbocycles. The largest absolute Gasteiger partial charge is 0.372 e. The third-order valence-corrected chi connectivity index (χ3v) is 3.03. The van der Waals surface area contributed by atoms with Crippen molar-refractivity contribution < 1.29 is 14.5 Å². The van der Waals surface area contributed by atoms with E-state index in [1.165, 1.54) is 24.3 Å². The first-order valence-corrected chi connectivity index (χ1v) is 6.16. The van der Waals surface area contributed by atoms with E-state index in [-0.39, 0.29) is 23.8 Å². The molecule has 2 rings (SSSR count). The highest BCUT2D eigenvalue weighted by atomic mass is 16.6. The Balaban J connectivity index is 2.12. The summed E-state index contributed by atoms with van der Waals surface area (Å²) in [6.07, 6.45) is 0.0106. The van der Waals surface area contributed by atoms with Crippen LogP contribution in [0.2, 0.25) is 0 Å². The van der Waals surface area contributed by atoms with E-state index >= 15 is 0 Å². The van der Waals surface area contributed by atoms with Crippen molar-refractivity contribution in [1.82, 2.24) is 4.90 Å². The number of nitro benzene ring substituents is 1. The van der Waals surface area contributed by atoms with Crippen LogP contribution in [-0.2, 0) is 4.74 Å². The molecule has 1 saturated heterocycles. The molecular formula is C13H16N2O4. The van der Waals surface area contributed by atoms with Gasteiger partial charge in [-0.2, -0.15) is 0 Å². The molecule has 1 aliphatic heterocycles. The van der Waals surface area contributed by atoms with E-state index in [1.807, 2.05) is 13.8 Å². The van der Waals surface area contributed by atoms with Gasteiger partial charge in [0.25, 0.3) is 11.6 Å². The summed E-state index contributed by atoms with van der Waals surface area (Å²) in [6.45, 7) is 4.93. The molecule has 0 radical (unpaired) electrons. The molecule has 0 saturated carbocycles. The fourth-order valence-corrected chi connectivity index (χ4v) is 2.25. The summed E-state index contributed by atoms with van der Waals surface area (Å²) in [5, 5.41) is 10.6. The van der Waals surface area contributed by atoms with Crippen LogP contribution in [0.1, 0.15) is 24.2 Å². The number of hydrogen-bond acceptors (Lipinski definition) is 4. The number of nitrogens with zero attached hydrogens (tertiary/aromatic N) is 2. The molecule has 1 aromatic rings. The van der Waals surface area contributed by atoms with Gasteiger partial charge in [-0.1, -0.05) is 0 Å². The number of rotatable bonds is 2. The summed E-state index contributed by atoms with van der Waals surface area (Å²) in [5.74, 6) is -0.114. The quantitative estimate of drug-likeness (QED) is 0.603. The molecule has 0 spiro atoms. The van der Waals surface area contributed by atoms with Gasteiger partial charge in [0.15, 0.2) is 0 Å². The Morgan fingerprint density at radius 2 is 1.79 bits per heavy atom. The Morgan fingerprint density at radius 1 is 1.26 bits per heavy atom. The number of carbonyl (C=O) groups is 1. The number of non-ortho nitro benzene ring substituents is 1. The van der Waals surface area contributed by atoms with Crippen molar-refractivity contribution in [1.29, 1.82) is 0 Å². The molecule has 0 aromatic heterocycles. The van der Waals surface area contributed by atoms with Crippen molar-refractivity contribution in [2.24, 2.45) is 0 Å². The van der Waals surface area contributed by atoms with Crippen LogP contribution in [0, 0.1) is 10.1 Å². The van der Waals surface area contributed by atoms with Crippen molar-refractivity contribution in [3.63, 3.8) is 0 Å². The zero-order chi connectivity index (χ0) is 14.0. The predicted molar refractivity (Wildman–Crippen MR) is 69.0 cm³/mol. The minimum atomic E-state index is -0.479. The summed E-state index contributed by atoms with van der Waals surface area (Å²) >= 11 is 0. The highest BCUT2D eigenvalue weighted by Crippen LogP contribution is 2.17. The monoisotopic (exact) mass is 264 g/mol. The first kappa shape index (κ1) is 13.5. The minimum Gasteiger partial charge on any atom is -0.372 e. The maximum Gasteiger partial charge on any atom is 0.269 e. The first-order valence-electron chi connectivity index (χ1n) is 6.16. The second kappa shape index (κ2) is 5.36. The Kier molecular flexibility index (Phi) is 3.80. The Morgan fingerprint density at radius 3 is 2.26 bits per heavy atom. The maximum atomic E-state index is 12.3. The Bertz CT molecular complexity index is 476. The van der Waals surface area contributed by atoms with Crippen LogP contribution in [0.4, 0.5) is 5.69 Å². The SMILES string of the molecule is C[C@@H]1CN(C(=O)c2ccc([N+](=O)[O-])cc2)C[C@@H](C)O1. The number of hydrogen-bond donors (Lipinski definition) is 0. The summed E-state index contributed by atoms with van der Waals surface area (Å²) in [7, 11) is 0. The van der Waals surface area contributed by atoms with E-state index in [2.05, 4.69) is 0 Å². The Labute approximate surface area is 111 Å². The van der Waals surface area contributed by atoms with Crippen LogP contribution < -0.4 is 0 Å². The van der Waals surface area contributed by atoms with E-state index in [0.29, 0.717) is 18.7 Å². The first-order chi connectivity index (χ1) is 8.97. The molecule has 102 valence electrons. The van der Waals surface area contributed by atoms with E-state index in [0.717, 1.165) is 0 Å². The number of carbonyl (C=O) groups excluding carboxylic acids is 1. The predicted octanol–water partition coefficient (Wildman–Crippen LogP) is 1.84. The van der Waals surface area contributed by atoms with Crippen LogP contribution in [0.5, 0.6) is 0 Å². The van der Waals surface area contributed by atoms with E-state index in [4.69, 9.17) is 4.74 Å². The van der Waals surface area contributed by atoms with Crippen LogP contribution >= 0.6 is 0 Å². The second-order valence-electron chi connectivity index (χ2n) is 4.77. The number of amides is 1. The van der Waals surface area contributed by atoms with Gasteiger partial charge in [0.05, 0.1) is 17.1 Å². The van der Waals surface area contributed by atoms with Crippen molar-refractivity contribution >= 4 is 11.6 Å². The topological polar surface area (TPSA) is 72.7 Å². The van der Waals surface area contributed by atoms with Crippen LogP contribution in [0.15, 0.2) is 24.3 Å². The molecule has 0 bridgehead atoms. The van der Waals surface area contributed by atoms with Crippen molar-refractivity contribution in [2.45, 2.75) is 26.1 Å². The lowest BCUT2D eigenvalue weighted by Gasteiger charge is -2.35. The molecule has 0 aliphatic carbocycles. The van der Waals surface area contributed by atoms with Gasteiger partial charge in [0.1, 0.15) is 0 Å². The van der Waals surface area contributed by atoms with E-state index in [1.54, 1.807) is 4.90 Å². The third-order valence-electron chi connectivity index (χ3n) is 3.03. The zero-order valence-corrected chi connectivity index (χ0v) is 10.9. The van der Waals surface area contributed by atoms with Crippen LogP contribution in [0.3, 0.4) is 0 Å². The van der Waals surface area contributed by atoms with Gasteiger partial charge in [-0.05, 0) is 26.0 Å². The average molecular weight is 264 g/mol. The minimum absolute atomic E-state index is 0.00532. The smallest absolute Gasteiger partial charge is 0.269 e. The molecule has 6 heteroatoms. The van der Waals surface area contributed by atoms with Gasteiger partial charge < -0.3 is 9.64 Å². The van der Waals surface area contributed by atoms with Gasteiger partial charge in [0.2, 0.25) is 0 Å². The highest BCUT2D eigenvalue weighted by molar-refractivity contribution is 5.94. The van der Waals surface area contributed by atoms with Gasteiger partial charge in [-0.15, -0.1) is 0 Å². The lowest BCUT2D eigenvalue weighted by molar-refractivity contribution is -0.384. The number of benzene rings is 1. The second-order valence-corrected chi connectivity index (χ2v) is 4.77. The molecular weight excluding hydrogens is 248 g/mol. The number of nitro groups is 1. The molecule has 19 heavy (non-hydrogen) atoms. The third kappa shape index (κ3) is 3.08. The highest BCUT2D eigenvalue weighted by Gasteiger charge is 2.26. The van der Waals surface area contributed by atoms with Crippen molar-refractivity contribution in [3.05, 3.63) is 39.9 Å². The van der Waals surface area contributed by atoms with Crippen molar-refractivity contribution in [2.75, 3.05) is 13.1 Å². The fourth-order valence-electron chi connectivity index (χ4n) is 2.25. The van der Waals surface area contributed by atoms with Crippen LogP contribution in [-0.4, -0.2) is 41.0 Å². The lowest BCUT2D eigenvalue weighted by atomic mass is 10.1. The molecule has 1 amide bonds. The zero-order valence-electron chi connectivity index (χ0n) is 10.9. The lowest BCUT2D eigenvalue weighted by Crippen LogP contribution is -2.48. The molecule has 0 N–H and O–H groups in total. The number of ether oxygens (including phenoxy) is 1. The van der Waals surface area contributed by atoms with Gasteiger partial charge >= 0.3 is 0 Å². The fraction of sp³-hybridized carbons (Fsp3) is 0.462. The Hall–Kier alpha value is -1.95. The molecule has 1 aliphatic rings. The summed E-state index contributed by atoms with van der Waals surface area (Å²) in [6, 6.07) is 5.68. The van der Waals surface area contributed by atoms with Gasteiger partial charge in [-0.3, -0.25) is 14.9 Å². The molecule has 1 heterocycles. The molecule has 6 nitrogen and oxygen atoms in total. The molecule has 0 unspecified atom stereocenters. The summed E-state index contributed by atoms with van der Waals surface area (Å²) < 4.78 is 5.57. The normalized spacial score (nSPS) is 23.2. The van der Waals surface area contributed by atoms with Gasteiger partial charge in [0, 0.05) is 30.8 Å². The maximum absolute atomic E-state index is 12.3. The van der Waals surface area contributed by atoms with Crippen LogP contribution in [0.25, 0.3) is 0 Å².